The zero-order valence-corrected chi connectivity index (χ0v) is 23.3. The Morgan fingerprint density at radius 3 is 2.43 bits per heavy atom. The number of hydrogen-bond acceptors (Lipinski definition) is 7. The molecule has 0 bridgehead atoms. The Bertz CT molecular complexity index is 1530. The molecule has 194 valence electrons. The lowest BCUT2D eigenvalue weighted by Gasteiger charge is -2.35. The van der Waals surface area contributed by atoms with E-state index < -0.39 is 20.3 Å². The molecule has 1 aromatic carbocycles. The van der Waals surface area contributed by atoms with Gasteiger partial charge in [0.15, 0.2) is 9.84 Å². The topological polar surface area (TPSA) is 90.2 Å². The summed E-state index contributed by atoms with van der Waals surface area (Å²) in [5.41, 5.74) is 3.90. The molecule has 0 spiro atoms. The number of benzene rings is 1. The van der Waals surface area contributed by atoms with Gasteiger partial charge in [0, 0.05) is 43.2 Å². The van der Waals surface area contributed by atoms with E-state index in [1.54, 1.807) is 13.8 Å². The summed E-state index contributed by atoms with van der Waals surface area (Å²) in [6.07, 6.45) is 5.57. The zero-order valence-electron chi connectivity index (χ0n) is 20.9. The van der Waals surface area contributed by atoms with Crippen LogP contribution < -0.4 is 4.90 Å². The smallest absolute Gasteiger partial charge is 0.227 e. The molecule has 0 amide bonds. The Balaban J connectivity index is 1.57. The Hall–Kier alpha value is -2.56. The molecule has 2 fully saturated rings. The van der Waals surface area contributed by atoms with Gasteiger partial charge in [-0.2, -0.15) is 4.98 Å². The summed E-state index contributed by atoms with van der Waals surface area (Å²) in [6, 6.07) is 12.7. The SMILES string of the molecule is C[C@@H]1CN(c2ncc3c4ncc(Br)cc4n([C@H](c4ccccc4)C4CCOCC4)c3n2)C[C@@H](C)S1(=O)=O. The number of hydrogen-bond donors (Lipinski definition) is 0. The van der Waals surface area contributed by atoms with Gasteiger partial charge in [0.05, 0.1) is 33.0 Å². The van der Waals surface area contributed by atoms with Crippen molar-refractivity contribution in [2.45, 2.75) is 43.2 Å². The number of anilines is 1. The van der Waals surface area contributed by atoms with Crippen LogP contribution in [0, 0.1) is 5.92 Å². The average Bonchev–Trinajstić information content (AvgIpc) is 3.21. The van der Waals surface area contributed by atoms with Crippen LogP contribution in [0.2, 0.25) is 0 Å². The molecule has 0 radical (unpaired) electrons. The second-order valence-corrected chi connectivity index (χ2v) is 13.9. The quantitative estimate of drug-likeness (QED) is 0.342. The van der Waals surface area contributed by atoms with Gasteiger partial charge in [0.25, 0.3) is 0 Å². The first-order valence-electron chi connectivity index (χ1n) is 12.8. The van der Waals surface area contributed by atoms with Crippen molar-refractivity contribution in [3.05, 3.63) is 58.8 Å². The van der Waals surface area contributed by atoms with Gasteiger partial charge in [-0.05, 0) is 60.2 Å². The van der Waals surface area contributed by atoms with Crippen LogP contribution in [-0.4, -0.2) is 64.7 Å². The van der Waals surface area contributed by atoms with Crippen LogP contribution >= 0.6 is 15.9 Å². The van der Waals surface area contributed by atoms with Crippen LogP contribution in [0.4, 0.5) is 5.95 Å². The number of halogens is 1. The zero-order chi connectivity index (χ0) is 25.7. The fraction of sp³-hybridized carbons (Fsp3) is 0.444. The molecule has 37 heavy (non-hydrogen) atoms. The predicted octanol–water partition coefficient (Wildman–Crippen LogP) is 4.77. The van der Waals surface area contributed by atoms with E-state index in [4.69, 9.17) is 19.7 Å². The Morgan fingerprint density at radius 1 is 1.03 bits per heavy atom. The lowest BCUT2D eigenvalue weighted by molar-refractivity contribution is 0.0552. The summed E-state index contributed by atoms with van der Waals surface area (Å²) in [4.78, 5) is 16.6. The van der Waals surface area contributed by atoms with Gasteiger partial charge in [-0.3, -0.25) is 4.98 Å². The standard InChI is InChI=1S/C27H30BrN5O3S/c1-17-15-32(16-18(2)37(17,34)35)27-30-14-22-24-23(12-21(28)13-29-24)33(26(22)31-27)25(19-6-4-3-5-7-19)20-8-10-36-11-9-20/h3-7,12-14,17-18,20,25H,8-11,15-16H2,1-2H3/t17-,18-,25-/m1/s1. The average molecular weight is 585 g/mol. The molecule has 0 aliphatic carbocycles. The van der Waals surface area contributed by atoms with Crippen LogP contribution in [0.15, 0.2) is 53.3 Å². The summed E-state index contributed by atoms with van der Waals surface area (Å²) < 4.78 is 34.2. The maximum atomic E-state index is 12.6. The van der Waals surface area contributed by atoms with E-state index >= 15 is 0 Å². The molecule has 2 aliphatic heterocycles. The van der Waals surface area contributed by atoms with Crippen LogP contribution in [-0.2, 0) is 14.6 Å². The highest BCUT2D eigenvalue weighted by Crippen LogP contribution is 2.40. The first kappa shape index (κ1) is 24.8. The molecule has 2 aliphatic rings. The van der Waals surface area contributed by atoms with Gasteiger partial charge in [-0.25, -0.2) is 13.4 Å². The normalized spacial score (nSPS) is 23.5. The Labute approximate surface area is 225 Å². The molecule has 10 heteroatoms. The molecule has 0 saturated carbocycles. The summed E-state index contributed by atoms with van der Waals surface area (Å²) >= 11 is 3.63. The Kier molecular flexibility index (Phi) is 6.45. The summed E-state index contributed by atoms with van der Waals surface area (Å²) in [6.45, 7) is 5.78. The molecule has 5 heterocycles. The number of nitrogens with zero attached hydrogens (tertiary/aromatic N) is 5. The molecule has 3 aromatic heterocycles. The third-order valence-corrected chi connectivity index (χ3v) is 10.8. The lowest BCUT2D eigenvalue weighted by atomic mass is 9.86. The summed E-state index contributed by atoms with van der Waals surface area (Å²) in [7, 11) is -3.15. The van der Waals surface area contributed by atoms with Crippen molar-refractivity contribution in [1.82, 2.24) is 19.5 Å². The summed E-state index contributed by atoms with van der Waals surface area (Å²) in [5, 5.41) is -0.0540. The van der Waals surface area contributed by atoms with Gasteiger partial charge < -0.3 is 14.2 Å². The fourth-order valence-corrected chi connectivity index (χ4v) is 7.75. The molecule has 0 unspecified atom stereocenters. The van der Waals surface area contributed by atoms with Gasteiger partial charge in [-0.15, -0.1) is 0 Å². The van der Waals surface area contributed by atoms with Crippen LogP contribution in [0.5, 0.6) is 0 Å². The van der Waals surface area contributed by atoms with Crippen molar-refractivity contribution in [2.75, 3.05) is 31.2 Å². The maximum Gasteiger partial charge on any atom is 0.227 e. The first-order chi connectivity index (χ1) is 17.8. The highest BCUT2D eigenvalue weighted by atomic mass is 79.9. The lowest BCUT2D eigenvalue weighted by Crippen LogP contribution is -2.50. The van der Waals surface area contributed by atoms with E-state index in [2.05, 4.69) is 50.8 Å². The summed E-state index contributed by atoms with van der Waals surface area (Å²) in [5.74, 6) is 0.926. The third-order valence-electron chi connectivity index (χ3n) is 7.82. The van der Waals surface area contributed by atoms with Gasteiger partial charge in [-0.1, -0.05) is 30.3 Å². The highest BCUT2D eigenvalue weighted by Gasteiger charge is 2.37. The minimum absolute atomic E-state index is 0.0449. The number of ether oxygens (including phenoxy) is 1. The van der Waals surface area contributed by atoms with Crippen molar-refractivity contribution < 1.29 is 13.2 Å². The molecular weight excluding hydrogens is 554 g/mol. The van der Waals surface area contributed by atoms with Crippen LogP contribution in [0.25, 0.3) is 22.1 Å². The molecule has 4 aromatic rings. The fourth-order valence-electron chi connectivity index (χ4n) is 5.86. The first-order valence-corrected chi connectivity index (χ1v) is 15.2. The molecule has 8 nitrogen and oxygen atoms in total. The van der Waals surface area contributed by atoms with Gasteiger partial charge >= 0.3 is 0 Å². The second-order valence-electron chi connectivity index (χ2n) is 10.2. The van der Waals surface area contributed by atoms with E-state index in [0.29, 0.717) is 25.0 Å². The van der Waals surface area contributed by atoms with E-state index in [9.17, 15) is 8.42 Å². The maximum absolute atomic E-state index is 12.6. The van der Waals surface area contributed by atoms with Gasteiger partial charge in [0.1, 0.15) is 5.65 Å². The number of fused-ring (bicyclic) bond motifs is 3. The number of aromatic nitrogens is 4. The van der Waals surface area contributed by atoms with Crippen molar-refractivity contribution in [1.29, 1.82) is 0 Å². The van der Waals surface area contributed by atoms with E-state index in [1.165, 1.54) is 5.56 Å². The highest BCUT2D eigenvalue weighted by molar-refractivity contribution is 9.10. The largest absolute Gasteiger partial charge is 0.381 e. The van der Waals surface area contributed by atoms with E-state index in [-0.39, 0.29) is 6.04 Å². The van der Waals surface area contributed by atoms with E-state index in [1.807, 2.05) is 23.4 Å². The Morgan fingerprint density at radius 2 is 1.73 bits per heavy atom. The predicted molar refractivity (Wildman–Crippen MR) is 149 cm³/mol. The van der Waals surface area contributed by atoms with Crippen molar-refractivity contribution >= 4 is 53.8 Å². The van der Waals surface area contributed by atoms with E-state index in [0.717, 1.165) is 52.6 Å². The van der Waals surface area contributed by atoms with Crippen LogP contribution in [0.3, 0.4) is 0 Å². The molecular formula is C27H30BrN5O3S. The van der Waals surface area contributed by atoms with Crippen molar-refractivity contribution in [2.24, 2.45) is 5.92 Å². The molecule has 2 saturated heterocycles. The minimum atomic E-state index is -3.15. The van der Waals surface area contributed by atoms with Crippen molar-refractivity contribution in [3.63, 3.8) is 0 Å². The van der Waals surface area contributed by atoms with Crippen LogP contribution in [0.1, 0.15) is 38.3 Å². The third kappa shape index (κ3) is 4.32. The molecule has 3 atom stereocenters. The minimum Gasteiger partial charge on any atom is -0.381 e. The second kappa shape index (κ2) is 9.63. The monoisotopic (exact) mass is 583 g/mol. The number of pyridine rings is 1. The number of rotatable bonds is 4. The molecule has 0 N–H and O–H groups in total. The van der Waals surface area contributed by atoms with Gasteiger partial charge in [0.2, 0.25) is 5.95 Å². The number of sulfone groups is 1. The molecule has 6 rings (SSSR count). The van der Waals surface area contributed by atoms with Crippen molar-refractivity contribution in [3.8, 4) is 0 Å².